The molecule has 0 saturated carbocycles. The molecule has 1 fully saturated rings. The summed E-state index contributed by atoms with van der Waals surface area (Å²) in [6.07, 6.45) is 5.59. The Labute approximate surface area is 195 Å². The second kappa shape index (κ2) is 9.61. The molecule has 0 atom stereocenters. The van der Waals surface area contributed by atoms with Crippen LogP contribution in [0.1, 0.15) is 54.9 Å². The highest BCUT2D eigenvalue weighted by Crippen LogP contribution is 2.29. The van der Waals surface area contributed by atoms with Gasteiger partial charge in [-0.3, -0.25) is 9.78 Å². The van der Waals surface area contributed by atoms with Crippen molar-refractivity contribution in [3.05, 3.63) is 71.9 Å². The lowest BCUT2D eigenvalue weighted by atomic mass is 9.86. The number of benzene rings is 2. The molecule has 1 aliphatic rings. The van der Waals surface area contributed by atoms with Gasteiger partial charge in [-0.15, -0.1) is 0 Å². The van der Waals surface area contributed by atoms with Gasteiger partial charge in [0, 0.05) is 30.2 Å². The first-order valence-electron chi connectivity index (χ1n) is 11.5. The molecule has 0 radical (unpaired) electrons. The van der Waals surface area contributed by atoms with Crippen LogP contribution in [0.2, 0.25) is 0 Å². The van der Waals surface area contributed by atoms with Gasteiger partial charge in [-0.25, -0.2) is 8.42 Å². The summed E-state index contributed by atoms with van der Waals surface area (Å²) in [6.45, 7) is 3.17. The van der Waals surface area contributed by atoms with Gasteiger partial charge in [0.25, 0.3) is 5.91 Å². The van der Waals surface area contributed by atoms with Crippen LogP contribution >= 0.6 is 0 Å². The number of hydrogen-bond donors (Lipinski definition) is 1. The van der Waals surface area contributed by atoms with E-state index in [1.807, 2.05) is 12.1 Å². The van der Waals surface area contributed by atoms with Gasteiger partial charge >= 0.3 is 0 Å². The predicted molar refractivity (Wildman–Crippen MR) is 129 cm³/mol. The minimum Gasteiger partial charge on any atom is -0.390 e. The van der Waals surface area contributed by atoms with Gasteiger partial charge in [0.2, 0.25) is 0 Å². The number of hydrogen-bond acceptors (Lipinski definition) is 5. The topological polar surface area (TPSA) is 87.6 Å². The highest BCUT2D eigenvalue weighted by atomic mass is 32.2. The maximum absolute atomic E-state index is 13.1. The highest BCUT2D eigenvalue weighted by Gasteiger charge is 2.33. The van der Waals surface area contributed by atoms with E-state index in [-0.39, 0.29) is 16.6 Å². The van der Waals surface area contributed by atoms with Gasteiger partial charge in [-0.2, -0.15) is 0 Å². The Morgan fingerprint density at radius 1 is 1.06 bits per heavy atom. The standard InChI is InChI=1S/C26H30N2O4S/c1-2-3-13-26(30)14-17-28(18-15-26)25(29)22-11-9-20(10-12-22)19-33(31,32)23-8-4-6-21-7-5-16-27-24(21)23/h4-12,16,30H,2-3,13-15,17-19H2,1H3. The van der Waals surface area contributed by atoms with E-state index >= 15 is 0 Å². The molecule has 174 valence electrons. The fourth-order valence-electron chi connectivity index (χ4n) is 4.43. The van der Waals surface area contributed by atoms with Crippen molar-refractivity contribution in [2.75, 3.05) is 13.1 Å². The predicted octanol–water partition coefficient (Wildman–Crippen LogP) is 4.37. The van der Waals surface area contributed by atoms with E-state index in [0.717, 1.165) is 24.6 Å². The molecule has 6 nitrogen and oxygen atoms in total. The van der Waals surface area contributed by atoms with Crippen LogP contribution in [-0.2, 0) is 15.6 Å². The zero-order chi connectivity index (χ0) is 23.5. The normalized spacial score (nSPS) is 16.1. The molecule has 0 bridgehead atoms. The van der Waals surface area contributed by atoms with Crippen molar-refractivity contribution in [3.8, 4) is 0 Å². The van der Waals surface area contributed by atoms with Crippen molar-refractivity contribution in [3.63, 3.8) is 0 Å². The number of piperidine rings is 1. The summed E-state index contributed by atoms with van der Waals surface area (Å²) in [6, 6.07) is 15.5. The number of carbonyl (C=O) groups excluding carboxylic acids is 1. The molecular formula is C26H30N2O4S. The third-order valence-electron chi connectivity index (χ3n) is 6.47. The van der Waals surface area contributed by atoms with Gasteiger partial charge in [-0.05, 0) is 49.1 Å². The number of fused-ring (bicyclic) bond motifs is 1. The quantitative estimate of drug-likeness (QED) is 0.559. The molecule has 4 rings (SSSR count). The minimum absolute atomic E-state index is 0.0831. The summed E-state index contributed by atoms with van der Waals surface area (Å²) in [5.41, 5.74) is 0.950. The largest absolute Gasteiger partial charge is 0.390 e. The molecular weight excluding hydrogens is 436 g/mol. The smallest absolute Gasteiger partial charge is 0.253 e. The van der Waals surface area contributed by atoms with Gasteiger partial charge in [-0.1, -0.05) is 50.1 Å². The van der Waals surface area contributed by atoms with Crippen molar-refractivity contribution in [2.45, 2.75) is 55.3 Å². The second-order valence-electron chi connectivity index (χ2n) is 8.91. The number of aliphatic hydroxyl groups is 1. The van der Waals surface area contributed by atoms with Crippen LogP contribution < -0.4 is 0 Å². The lowest BCUT2D eigenvalue weighted by Gasteiger charge is -2.38. The Morgan fingerprint density at radius 2 is 1.76 bits per heavy atom. The summed E-state index contributed by atoms with van der Waals surface area (Å²) in [5.74, 6) is -0.245. The van der Waals surface area contributed by atoms with Crippen molar-refractivity contribution < 1.29 is 18.3 Å². The van der Waals surface area contributed by atoms with Crippen LogP contribution in [0.15, 0.2) is 65.7 Å². The summed E-state index contributed by atoms with van der Waals surface area (Å²) in [7, 11) is -3.60. The van der Waals surface area contributed by atoms with Crippen LogP contribution in [0, 0.1) is 0 Å². The monoisotopic (exact) mass is 466 g/mol. The number of nitrogens with zero attached hydrogens (tertiary/aromatic N) is 2. The molecule has 0 aliphatic carbocycles. The van der Waals surface area contributed by atoms with Crippen LogP contribution in [0.3, 0.4) is 0 Å². The molecule has 0 unspecified atom stereocenters. The third-order valence-corrected chi connectivity index (χ3v) is 8.18. The number of aromatic nitrogens is 1. The van der Waals surface area contributed by atoms with Crippen molar-refractivity contribution in [2.24, 2.45) is 0 Å². The first-order chi connectivity index (χ1) is 15.8. The Morgan fingerprint density at radius 3 is 2.45 bits per heavy atom. The average Bonchev–Trinajstić information content (AvgIpc) is 2.83. The van der Waals surface area contributed by atoms with Crippen LogP contribution in [0.4, 0.5) is 0 Å². The van der Waals surface area contributed by atoms with E-state index in [9.17, 15) is 18.3 Å². The maximum Gasteiger partial charge on any atom is 0.253 e. The number of rotatable bonds is 7. The lowest BCUT2D eigenvalue weighted by Crippen LogP contribution is -2.46. The Bertz CT molecular complexity index is 1230. The van der Waals surface area contributed by atoms with Gasteiger partial charge in [0.1, 0.15) is 0 Å². The van der Waals surface area contributed by atoms with Gasteiger partial charge in [0.05, 0.1) is 21.8 Å². The number of likely N-dealkylation sites (tertiary alicyclic amines) is 1. The third kappa shape index (κ3) is 5.25. The van der Waals surface area contributed by atoms with E-state index in [4.69, 9.17) is 0 Å². The van der Waals surface area contributed by atoms with Crippen LogP contribution in [0.5, 0.6) is 0 Å². The molecule has 0 spiro atoms. The second-order valence-corrected chi connectivity index (χ2v) is 10.9. The number of unbranched alkanes of at least 4 members (excludes halogenated alkanes) is 1. The van der Waals surface area contributed by atoms with E-state index in [2.05, 4.69) is 11.9 Å². The number of carbonyl (C=O) groups is 1. The fraction of sp³-hybridized carbons (Fsp3) is 0.385. The van der Waals surface area contributed by atoms with E-state index in [1.165, 1.54) is 0 Å². The zero-order valence-corrected chi connectivity index (χ0v) is 19.7. The lowest BCUT2D eigenvalue weighted by molar-refractivity contribution is -0.0242. The highest BCUT2D eigenvalue weighted by molar-refractivity contribution is 7.90. The van der Waals surface area contributed by atoms with Gasteiger partial charge < -0.3 is 10.0 Å². The molecule has 33 heavy (non-hydrogen) atoms. The molecule has 1 saturated heterocycles. The first-order valence-corrected chi connectivity index (χ1v) is 13.1. The molecule has 7 heteroatoms. The Hall–Kier alpha value is -2.77. The van der Waals surface area contributed by atoms with Crippen molar-refractivity contribution in [1.82, 2.24) is 9.88 Å². The van der Waals surface area contributed by atoms with E-state index < -0.39 is 15.4 Å². The number of pyridine rings is 1. The van der Waals surface area contributed by atoms with Crippen molar-refractivity contribution >= 4 is 26.6 Å². The minimum atomic E-state index is -3.60. The molecule has 2 aromatic carbocycles. The number of amides is 1. The fourth-order valence-corrected chi connectivity index (χ4v) is 5.97. The first kappa shape index (κ1) is 23.4. The maximum atomic E-state index is 13.1. The number of sulfone groups is 1. The van der Waals surface area contributed by atoms with Crippen LogP contribution in [0.25, 0.3) is 10.9 Å². The van der Waals surface area contributed by atoms with E-state index in [0.29, 0.717) is 42.6 Å². The summed E-state index contributed by atoms with van der Waals surface area (Å²) in [4.78, 5) is 19.1. The zero-order valence-electron chi connectivity index (χ0n) is 18.9. The van der Waals surface area contributed by atoms with E-state index in [1.54, 1.807) is 53.6 Å². The molecule has 1 N–H and O–H groups in total. The molecule has 1 aliphatic heterocycles. The van der Waals surface area contributed by atoms with Crippen molar-refractivity contribution in [1.29, 1.82) is 0 Å². The summed E-state index contributed by atoms with van der Waals surface area (Å²) >= 11 is 0. The Kier molecular flexibility index (Phi) is 6.81. The SMILES string of the molecule is CCCCC1(O)CCN(C(=O)c2ccc(CS(=O)(=O)c3cccc4cccnc34)cc2)CC1. The molecule has 1 amide bonds. The molecule has 2 heterocycles. The molecule has 1 aromatic heterocycles. The Balaban J connectivity index is 1.44. The summed E-state index contributed by atoms with van der Waals surface area (Å²) in [5, 5.41) is 11.5. The number of para-hydroxylation sites is 1. The summed E-state index contributed by atoms with van der Waals surface area (Å²) < 4.78 is 26.2. The molecule has 3 aromatic rings. The van der Waals surface area contributed by atoms with Gasteiger partial charge in [0.15, 0.2) is 9.84 Å². The average molecular weight is 467 g/mol. The van der Waals surface area contributed by atoms with Crippen LogP contribution in [-0.4, -0.2) is 48.0 Å².